The van der Waals surface area contributed by atoms with Gasteiger partial charge in [0.15, 0.2) is 0 Å². The zero-order chi connectivity index (χ0) is 22.2. The van der Waals surface area contributed by atoms with E-state index in [2.05, 4.69) is 39.1 Å². The first kappa shape index (κ1) is 22.1. The molecule has 0 radical (unpaired) electrons. The fourth-order valence-corrected chi connectivity index (χ4v) is 4.29. The molecule has 4 rings (SSSR count). The molecule has 0 unspecified atom stereocenters. The molecule has 2 fully saturated rings. The van der Waals surface area contributed by atoms with Crippen LogP contribution >= 0.6 is 0 Å². The number of carbonyl (C=O) groups is 1. The number of anilines is 2. The quantitative estimate of drug-likeness (QED) is 0.652. The summed E-state index contributed by atoms with van der Waals surface area (Å²) in [4.78, 5) is 17.0. The number of hydrogen-bond donors (Lipinski definition) is 3. The summed E-state index contributed by atoms with van der Waals surface area (Å²) in [6.45, 7) is 7.65. The SMILES string of the molecule is N#Cc1ccc(NCC2CCN(C(=O)Nc3ccc(CN4CCNCC4)cc3)CC2)cc1. The van der Waals surface area contributed by atoms with Crippen molar-refractivity contribution in [3.63, 3.8) is 0 Å². The van der Waals surface area contributed by atoms with Crippen molar-refractivity contribution in [3.05, 3.63) is 59.7 Å². The summed E-state index contributed by atoms with van der Waals surface area (Å²) in [5, 5.41) is 18.8. The van der Waals surface area contributed by atoms with Gasteiger partial charge in [-0.05, 0) is 60.7 Å². The summed E-state index contributed by atoms with van der Waals surface area (Å²) >= 11 is 0. The first-order chi connectivity index (χ1) is 15.7. The van der Waals surface area contributed by atoms with Crippen LogP contribution in [0.4, 0.5) is 16.2 Å². The van der Waals surface area contributed by atoms with Gasteiger partial charge in [-0.3, -0.25) is 4.90 Å². The first-order valence-electron chi connectivity index (χ1n) is 11.5. The first-order valence-corrected chi connectivity index (χ1v) is 11.5. The van der Waals surface area contributed by atoms with Gasteiger partial charge in [-0.1, -0.05) is 12.1 Å². The molecule has 2 aliphatic heterocycles. The molecule has 0 bridgehead atoms. The van der Waals surface area contributed by atoms with Crippen LogP contribution in [0.2, 0.25) is 0 Å². The Morgan fingerprint density at radius 3 is 2.28 bits per heavy atom. The van der Waals surface area contributed by atoms with Crippen LogP contribution in [0.5, 0.6) is 0 Å². The number of hydrogen-bond acceptors (Lipinski definition) is 5. The van der Waals surface area contributed by atoms with Crippen molar-refractivity contribution >= 4 is 17.4 Å². The number of amides is 2. The second-order valence-corrected chi connectivity index (χ2v) is 8.65. The third-order valence-electron chi connectivity index (χ3n) is 6.33. The fourth-order valence-electron chi connectivity index (χ4n) is 4.29. The van der Waals surface area contributed by atoms with Crippen LogP contribution in [0.3, 0.4) is 0 Å². The normalized spacial score (nSPS) is 17.5. The van der Waals surface area contributed by atoms with E-state index in [-0.39, 0.29) is 6.03 Å². The van der Waals surface area contributed by atoms with Crippen LogP contribution in [0, 0.1) is 17.2 Å². The molecule has 32 heavy (non-hydrogen) atoms. The number of piperazine rings is 1. The van der Waals surface area contributed by atoms with E-state index < -0.39 is 0 Å². The van der Waals surface area contributed by atoms with Gasteiger partial charge in [0.25, 0.3) is 0 Å². The lowest BCUT2D eigenvalue weighted by molar-refractivity contribution is 0.185. The smallest absolute Gasteiger partial charge is 0.321 e. The maximum Gasteiger partial charge on any atom is 0.321 e. The molecule has 3 N–H and O–H groups in total. The molecule has 0 spiro atoms. The maximum absolute atomic E-state index is 12.7. The number of piperidine rings is 1. The lowest BCUT2D eigenvalue weighted by Gasteiger charge is -2.32. The average Bonchev–Trinajstić information content (AvgIpc) is 2.85. The lowest BCUT2D eigenvalue weighted by Crippen LogP contribution is -2.42. The van der Waals surface area contributed by atoms with Gasteiger partial charge in [0.1, 0.15) is 0 Å². The fraction of sp³-hybridized carbons (Fsp3) is 0.440. The van der Waals surface area contributed by atoms with Crippen molar-refractivity contribution in [2.45, 2.75) is 19.4 Å². The highest BCUT2D eigenvalue weighted by Gasteiger charge is 2.22. The molecule has 0 atom stereocenters. The molecular weight excluding hydrogens is 400 g/mol. The summed E-state index contributed by atoms with van der Waals surface area (Å²) in [7, 11) is 0. The van der Waals surface area contributed by atoms with E-state index in [0.29, 0.717) is 11.5 Å². The Labute approximate surface area is 190 Å². The topological polar surface area (TPSA) is 83.4 Å². The predicted molar refractivity (Wildman–Crippen MR) is 128 cm³/mol. The molecule has 168 valence electrons. The van der Waals surface area contributed by atoms with E-state index in [1.807, 2.05) is 41.3 Å². The summed E-state index contributed by atoms with van der Waals surface area (Å²) in [5.74, 6) is 0.541. The number of nitriles is 1. The van der Waals surface area contributed by atoms with Crippen molar-refractivity contribution in [1.82, 2.24) is 15.1 Å². The Hall–Kier alpha value is -3.08. The van der Waals surface area contributed by atoms with E-state index in [1.165, 1.54) is 5.56 Å². The number of carbonyl (C=O) groups excluding carboxylic acids is 1. The van der Waals surface area contributed by atoms with E-state index in [1.54, 1.807) is 0 Å². The van der Waals surface area contributed by atoms with E-state index in [9.17, 15) is 4.79 Å². The van der Waals surface area contributed by atoms with Gasteiger partial charge in [-0.25, -0.2) is 4.79 Å². The minimum absolute atomic E-state index is 0.0154. The standard InChI is InChI=1S/C25H32N6O/c26-17-20-1-5-23(6-2-20)28-18-21-9-13-31(14-10-21)25(32)29-24-7-3-22(4-8-24)19-30-15-11-27-12-16-30/h1-8,21,27-28H,9-16,18-19H2,(H,29,32). The predicted octanol–water partition coefficient (Wildman–Crippen LogP) is 3.32. The van der Waals surface area contributed by atoms with E-state index in [4.69, 9.17) is 5.26 Å². The summed E-state index contributed by atoms with van der Waals surface area (Å²) in [6, 6.07) is 17.9. The molecule has 7 heteroatoms. The monoisotopic (exact) mass is 432 g/mol. The Bertz CT molecular complexity index is 907. The van der Waals surface area contributed by atoms with Crippen LogP contribution in [-0.4, -0.2) is 61.6 Å². The molecule has 2 aromatic rings. The maximum atomic E-state index is 12.7. The molecule has 2 aromatic carbocycles. The van der Waals surface area contributed by atoms with Crippen molar-refractivity contribution in [3.8, 4) is 6.07 Å². The third kappa shape index (κ3) is 6.22. The Morgan fingerprint density at radius 2 is 1.62 bits per heavy atom. The highest BCUT2D eigenvalue weighted by atomic mass is 16.2. The molecule has 2 heterocycles. The molecule has 0 saturated carbocycles. The second-order valence-electron chi connectivity index (χ2n) is 8.65. The Morgan fingerprint density at radius 1 is 0.969 bits per heavy atom. The molecule has 2 saturated heterocycles. The summed E-state index contributed by atoms with van der Waals surface area (Å²) in [5.41, 5.74) is 3.83. The van der Waals surface area contributed by atoms with Gasteiger partial charge in [-0.2, -0.15) is 5.26 Å². The number of nitrogens with zero attached hydrogens (tertiary/aromatic N) is 3. The Balaban J connectivity index is 1.18. The summed E-state index contributed by atoms with van der Waals surface area (Å²) < 4.78 is 0. The minimum atomic E-state index is -0.0154. The van der Waals surface area contributed by atoms with Crippen LogP contribution in [-0.2, 0) is 6.54 Å². The Kier molecular flexibility index (Phi) is 7.59. The minimum Gasteiger partial charge on any atom is -0.385 e. The summed E-state index contributed by atoms with van der Waals surface area (Å²) in [6.07, 6.45) is 1.97. The molecule has 0 aromatic heterocycles. The molecule has 0 aliphatic carbocycles. The molecule has 2 aliphatic rings. The highest BCUT2D eigenvalue weighted by Crippen LogP contribution is 2.20. The lowest BCUT2D eigenvalue weighted by atomic mass is 9.97. The molecule has 2 amide bonds. The van der Waals surface area contributed by atoms with Gasteiger partial charge in [-0.15, -0.1) is 0 Å². The van der Waals surface area contributed by atoms with Crippen molar-refractivity contribution in [1.29, 1.82) is 5.26 Å². The number of urea groups is 1. The number of nitrogens with one attached hydrogen (secondary N) is 3. The van der Waals surface area contributed by atoms with Gasteiger partial charge < -0.3 is 20.9 Å². The van der Waals surface area contributed by atoms with Gasteiger partial charge in [0.2, 0.25) is 0 Å². The van der Waals surface area contributed by atoms with Crippen molar-refractivity contribution in [2.75, 3.05) is 56.4 Å². The second kappa shape index (κ2) is 11.0. The molecule has 7 nitrogen and oxygen atoms in total. The largest absolute Gasteiger partial charge is 0.385 e. The molecular formula is C25H32N6O. The third-order valence-corrected chi connectivity index (χ3v) is 6.33. The van der Waals surface area contributed by atoms with E-state index in [0.717, 1.165) is 76.6 Å². The van der Waals surface area contributed by atoms with E-state index >= 15 is 0 Å². The van der Waals surface area contributed by atoms with Crippen LogP contribution in [0.1, 0.15) is 24.0 Å². The van der Waals surface area contributed by atoms with Gasteiger partial charge in [0, 0.05) is 63.7 Å². The zero-order valence-corrected chi connectivity index (χ0v) is 18.5. The van der Waals surface area contributed by atoms with Crippen molar-refractivity contribution in [2.24, 2.45) is 5.92 Å². The number of likely N-dealkylation sites (tertiary alicyclic amines) is 1. The highest BCUT2D eigenvalue weighted by molar-refractivity contribution is 5.89. The van der Waals surface area contributed by atoms with Crippen LogP contribution in [0.15, 0.2) is 48.5 Å². The van der Waals surface area contributed by atoms with Crippen LogP contribution in [0.25, 0.3) is 0 Å². The van der Waals surface area contributed by atoms with Gasteiger partial charge >= 0.3 is 6.03 Å². The number of rotatable bonds is 6. The van der Waals surface area contributed by atoms with Crippen LogP contribution < -0.4 is 16.0 Å². The zero-order valence-electron chi connectivity index (χ0n) is 18.5. The average molecular weight is 433 g/mol. The van der Waals surface area contributed by atoms with Gasteiger partial charge in [0.05, 0.1) is 11.6 Å². The van der Waals surface area contributed by atoms with Crippen molar-refractivity contribution < 1.29 is 4.79 Å². The number of benzene rings is 2.